The molecule has 0 spiro atoms. The summed E-state index contributed by atoms with van der Waals surface area (Å²) in [6.45, 7) is -2.97. The number of alkyl halides is 2. The van der Waals surface area contributed by atoms with E-state index in [0.29, 0.717) is 26.2 Å². The van der Waals surface area contributed by atoms with Crippen LogP contribution in [0.1, 0.15) is 0 Å². The standard InChI is InChI=1S/C13H6Cl4F2O/c14-8-2-1-6(3-12(8)20-13(18)19)7-4-10(16)11(17)5-9(7)15/h1-5,13H. The SMILES string of the molecule is FC(F)Oc1cc(-c2cc(Cl)c(Cl)cc2Cl)ccc1Cl. The first kappa shape index (κ1) is 15.6. The Hall–Kier alpha value is -0.740. The molecule has 0 N–H and O–H groups in total. The number of rotatable bonds is 3. The van der Waals surface area contributed by atoms with Gasteiger partial charge >= 0.3 is 6.61 Å². The third-order valence-electron chi connectivity index (χ3n) is 2.47. The highest BCUT2D eigenvalue weighted by atomic mass is 35.5. The summed E-state index contributed by atoms with van der Waals surface area (Å²) in [6, 6.07) is 7.43. The van der Waals surface area contributed by atoms with E-state index in [-0.39, 0.29) is 10.8 Å². The molecule has 2 rings (SSSR count). The maximum atomic E-state index is 12.3. The second kappa shape index (κ2) is 6.35. The summed E-state index contributed by atoms with van der Waals surface area (Å²) in [7, 11) is 0. The zero-order valence-corrected chi connectivity index (χ0v) is 12.7. The van der Waals surface area contributed by atoms with Gasteiger partial charge in [-0.15, -0.1) is 0 Å². The van der Waals surface area contributed by atoms with Crippen LogP contribution < -0.4 is 4.74 Å². The lowest BCUT2D eigenvalue weighted by Crippen LogP contribution is -2.02. The van der Waals surface area contributed by atoms with Gasteiger partial charge in [0.05, 0.1) is 15.1 Å². The summed E-state index contributed by atoms with van der Waals surface area (Å²) >= 11 is 23.6. The van der Waals surface area contributed by atoms with Crippen LogP contribution in [0.3, 0.4) is 0 Å². The number of hydrogen-bond donors (Lipinski definition) is 0. The quantitative estimate of drug-likeness (QED) is 0.564. The van der Waals surface area contributed by atoms with Gasteiger partial charge in [0.2, 0.25) is 0 Å². The van der Waals surface area contributed by atoms with Crippen molar-refractivity contribution >= 4 is 46.4 Å². The predicted octanol–water partition coefficient (Wildman–Crippen LogP) is 6.57. The number of hydrogen-bond acceptors (Lipinski definition) is 1. The summed E-state index contributed by atoms with van der Waals surface area (Å²) in [5.41, 5.74) is 1.07. The topological polar surface area (TPSA) is 9.23 Å². The van der Waals surface area contributed by atoms with Crippen molar-refractivity contribution in [2.45, 2.75) is 6.61 Å². The highest BCUT2D eigenvalue weighted by Gasteiger charge is 2.13. The summed E-state index contributed by atoms with van der Waals surface area (Å²) in [5, 5.41) is 1.02. The second-order valence-electron chi connectivity index (χ2n) is 3.77. The summed E-state index contributed by atoms with van der Waals surface area (Å²) < 4.78 is 28.9. The van der Waals surface area contributed by atoms with Crippen LogP contribution in [-0.2, 0) is 0 Å². The van der Waals surface area contributed by atoms with Crippen molar-refractivity contribution in [1.82, 2.24) is 0 Å². The normalized spacial score (nSPS) is 10.9. The molecule has 106 valence electrons. The van der Waals surface area contributed by atoms with Gasteiger partial charge in [-0.05, 0) is 29.8 Å². The Morgan fingerprint density at radius 2 is 1.45 bits per heavy atom. The van der Waals surface area contributed by atoms with Crippen LogP contribution in [0.25, 0.3) is 11.1 Å². The Labute approximate surface area is 134 Å². The van der Waals surface area contributed by atoms with Crippen LogP contribution in [0.5, 0.6) is 5.75 Å². The fourth-order valence-corrected chi connectivity index (χ4v) is 2.42. The van der Waals surface area contributed by atoms with Gasteiger partial charge in [-0.2, -0.15) is 8.78 Å². The molecule has 1 nitrogen and oxygen atoms in total. The van der Waals surface area contributed by atoms with E-state index in [4.69, 9.17) is 46.4 Å². The Morgan fingerprint density at radius 3 is 2.10 bits per heavy atom. The highest BCUT2D eigenvalue weighted by Crippen LogP contribution is 2.38. The largest absolute Gasteiger partial charge is 0.433 e. The van der Waals surface area contributed by atoms with Gasteiger partial charge in [0.1, 0.15) is 5.75 Å². The van der Waals surface area contributed by atoms with E-state index in [1.54, 1.807) is 12.1 Å². The minimum absolute atomic E-state index is 0.0743. The highest BCUT2D eigenvalue weighted by molar-refractivity contribution is 6.44. The predicted molar refractivity (Wildman–Crippen MR) is 78.6 cm³/mol. The van der Waals surface area contributed by atoms with Crippen LogP contribution >= 0.6 is 46.4 Å². The number of halogens is 6. The summed E-state index contributed by atoms with van der Waals surface area (Å²) in [5.74, 6) is -0.138. The van der Waals surface area contributed by atoms with Gasteiger partial charge in [-0.1, -0.05) is 52.5 Å². The van der Waals surface area contributed by atoms with Gasteiger partial charge in [-0.3, -0.25) is 0 Å². The molecule has 0 bridgehead atoms. The molecule has 0 saturated heterocycles. The lowest BCUT2D eigenvalue weighted by molar-refractivity contribution is -0.0497. The van der Waals surface area contributed by atoms with Crippen LogP contribution in [0.4, 0.5) is 8.78 Å². The molecule has 2 aromatic rings. The van der Waals surface area contributed by atoms with Gasteiger partial charge in [-0.25, -0.2) is 0 Å². The minimum atomic E-state index is -2.97. The molecule has 0 aromatic heterocycles. The van der Waals surface area contributed by atoms with Crippen molar-refractivity contribution in [3.63, 3.8) is 0 Å². The molecule has 0 fully saturated rings. The number of ether oxygens (including phenoxy) is 1. The fourth-order valence-electron chi connectivity index (χ4n) is 1.60. The Balaban J connectivity index is 2.50. The van der Waals surface area contributed by atoms with E-state index in [2.05, 4.69) is 4.74 Å². The first-order valence-electron chi connectivity index (χ1n) is 5.27. The molecule has 0 aliphatic rings. The first-order chi connectivity index (χ1) is 9.38. The van der Waals surface area contributed by atoms with Crippen LogP contribution in [-0.4, -0.2) is 6.61 Å². The summed E-state index contributed by atoms with van der Waals surface area (Å²) in [4.78, 5) is 0. The van der Waals surface area contributed by atoms with Crippen molar-refractivity contribution in [1.29, 1.82) is 0 Å². The zero-order valence-electron chi connectivity index (χ0n) is 9.64. The van der Waals surface area contributed by atoms with Crippen molar-refractivity contribution < 1.29 is 13.5 Å². The molecule has 0 radical (unpaired) electrons. The molecule has 2 aromatic carbocycles. The first-order valence-corrected chi connectivity index (χ1v) is 6.79. The second-order valence-corrected chi connectivity index (χ2v) is 5.40. The molecule has 7 heteroatoms. The monoisotopic (exact) mass is 356 g/mol. The van der Waals surface area contributed by atoms with E-state index in [0.717, 1.165) is 0 Å². The maximum Gasteiger partial charge on any atom is 0.387 e. The molecule has 0 aliphatic carbocycles. The molecule has 0 aliphatic heterocycles. The zero-order chi connectivity index (χ0) is 14.9. The third kappa shape index (κ3) is 3.47. The van der Waals surface area contributed by atoms with Crippen LogP contribution in [0.2, 0.25) is 20.1 Å². The van der Waals surface area contributed by atoms with Crippen LogP contribution in [0, 0.1) is 0 Å². The summed E-state index contributed by atoms with van der Waals surface area (Å²) in [6.07, 6.45) is 0. The molecule has 0 atom stereocenters. The van der Waals surface area contributed by atoms with E-state index in [1.807, 2.05) is 0 Å². The van der Waals surface area contributed by atoms with Crippen molar-refractivity contribution in [2.75, 3.05) is 0 Å². The average Bonchev–Trinajstić information content (AvgIpc) is 2.36. The van der Waals surface area contributed by atoms with Gasteiger partial charge in [0.15, 0.2) is 0 Å². The molecular weight excluding hydrogens is 352 g/mol. The van der Waals surface area contributed by atoms with Gasteiger partial charge in [0.25, 0.3) is 0 Å². The average molecular weight is 358 g/mol. The number of benzene rings is 2. The Kier molecular flexibility index (Phi) is 4.97. The van der Waals surface area contributed by atoms with Gasteiger partial charge in [0, 0.05) is 10.6 Å². The van der Waals surface area contributed by atoms with Crippen molar-refractivity contribution in [3.05, 3.63) is 50.4 Å². The molecule has 20 heavy (non-hydrogen) atoms. The minimum Gasteiger partial charge on any atom is -0.433 e. The van der Waals surface area contributed by atoms with Crippen LogP contribution in [0.15, 0.2) is 30.3 Å². The fraction of sp³-hybridized carbons (Fsp3) is 0.0769. The molecule has 0 heterocycles. The van der Waals surface area contributed by atoms with Crippen molar-refractivity contribution in [2.24, 2.45) is 0 Å². The van der Waals surface area contributed by atoms with E-state index in [9.17, 15) is 8.78 Å². The lowest BCUT2D eigenvalue weighted by Gasteiger charge is -2.11. The smallest absolute Gasteiger partial charge is 0.387 e. The third-order valence-corrected chi connectivity index (χ3v) is 3.82. The maximum absolute atomic E-state index is 12.3. The molecule has 0 amide bonds. The van der Waals surface area contributed by atoms with Gasteiger partial charge < -0.3 is 4.74 Å². The molecule has 0 unspecified atom stereocenters. The van der Waals surface area contributed by atoms with E-state index >= 15 is 0 Å². The van der Waals surface area contributed by atoms with Crippen molar-refractivity contribution in [3.8, 4) is 16.9 Å². The van der Waals surface area contributed by atoms with E-state index in [1.165, 1.54) is 18.2 Å². The van der Waals surface area contributed by atoms with E-state index < -0.39 is 6.61 Å². The lowest BCUT2D eigenvalue weighted by atomic mass is 10.1. The molecule has 0 saturated carbocycles. The Bertz CT molecular complexity index is 647. The molecular formula is C13H6Cl4F2O. The Morgan fingerprint density at radius 1 is 0.800 bits per heavy atom.